The molecular formula is C16H13ClFN5S. The maximum absolute atomic E-state index is 13.2. The van der Waals surface area contributed by atoms with Crippen molar-refractivity contribution in [2.45, 2.75) is 6.54 Å². The molecule has 0 radical (unpaired) electrons. The molecule has 0 aliphatic rings. The molecule has 0 unspecified atom stereocenters. The van der Waals surface area contributed by atoms with Crippen molar-refractivity contribution in [1.82, 2.24) is 14.8 Å². The van der Waals surface area contributed by atoms with Crippen LogP contribution in [0.25, 0.3) is 0 Å². The van der Waals surface area contributed by atoms with Gasteiger partial charge in [-0.05, 0) is 42.0 Å². The predicted octanol–water partition coefficient (Wildman–Crippen LogP) is 3.93. The largest absolute Gasteiger partial charge is 0.331 e. The number of nitrogens with one attached hydrogen (secondary N) is 2. The molecule has 0 spiro atoms. The molecule has 122 valence electrons. The van der Waals surface area contributed by atoms with Crippen LogP contribution in [0.15, 0.2) is 54.9 Å². The third-order valence-corrected chi connectivity index (χ3v) is 3.65. The summed E-state index contributed by atoms with van der Waals surface area (Å²) in [5, 5.41) is 11.0. The van der Waals surface area contributed by atoms with E-state index in [1.54, 1.807) is 23.1 Å². The highest BCUT2D eigenvalue weighted by molar-refractivity contribution is 7.80. The molecule has 1 heterocycles. The Morgan fingerprint density at radius 3 is 2.79 bits per heavy atom. The summed E-state index contributed by atoms with van der Waals surface area (Å²) in [6, 6.07) is 13.6. The number of rotatable bonds is 4. The molecule has 0 fully saturated rings. The standard InChI is InChI=1S/C16H13ClFN5S/c17-13-6-1-2-7-14(13)20-16(24)21-15-19-10-23(22-15)9-11-4-3-5-12(18)8-11/h1-8,10H,9H2,(H2,20,21,22,24). The van der Waals surface area contributed by atoms with Gasteiger partial charge < -0.3 is 5.32 Å². The summed E-state index contributed by atoms with van der Waals surface area (Å²) in [4.78, 5) is 4.13. The zero-order valence-corrected chi connectivity index (χ0v) is 14.0. The average molecular weight is 362 g/mol. The Bertz CT molecular complexity index is 867. The van der Waals surface area contributed by atoms with Crippen LogP contribution in [0.5, 0.6) is 0 Å². The van der Waals surface area contributed by atoms with Gasteiger partial charge in [-0.2, -0.15) is 0 Å². The van der Waals surface area contributed by atoms with Crippen LogP contribution in [0.4, 0.5) is 16.0 Å². The molecule has 24 heavy (non-hydrogen) atoms. The molecule has 2 aromatic carbocycles. The summed E-state index contributed by atoms with van der Waals surface area (Å²) in [6.45, 7) is 0.414. The number of thiocarbonyl (C=S) groups is 1. The van der Waals surface area contributed by atoms with Crippen molar-refractivity contribution in [1.29, 1.82) is 0 Å². The zero-order chi connectivity index (χ0) is 16.9. The molecule has 3 rings (SSSR count). The Morgan fingerprint density at radius 1 is 1.17 bits per heavy atom. The first-order chi connectivity index (χ1) is 11.6. The van der Waals surface area contributed by atoms with Crippen LogP contribution in [0.1, 0.15) is 5.56 Å². The van der Waals surface area contributed by atoms with Gasteiger partial charge in [0.2, 0.25) is 5.95 Å². The Balaban J connectivity index is 1.61. The van der Waals surface area contributed by atoms with Crippen LogP contribution in [0.3, 0.4) is 0 Å². The second kappa shape index (κ2) is 7.37. The molecule has 0 atom stereocenters. The summed E-state index contributed by atoms with van der Waals surface area (Å²) in [7, 11) is 0. The minimum Gasteiger partial charge on any atom is -0.331 e. The maximum atomic E-state index is 13.2. The van der Waals surface area contributed by atoms with Crippen LogP contribution in [0.2, 0.25) is 5.02 Å². The number of para-hydroxylation sites is 1. The predicted molar refractivity (Wildman–Crippen MR) is 96.8 cm³/mol. The van der Waals surface area contributed by atoms with Gasteiger partial charge in [0, 0.05) is 0 Å². The fourth-order valence-electron chi connectivity index (χ4n) is 2.07. The van der Waals surface area contributed by atoms with Gasteiger partial charge in [0.05, 0.1) is 17.3 Å². The van der Waals surface area contributed by atoms with Crippen LogP contribution < -0.4 is 10.6 Å². The second-order valence-electron chi connectivity index (χ2n) is 4.95. The lowest BCUT2D eigenvalue weighted by atomic mass is 10.2. The van der Waals surface area contributed by atoms with Crippen molar-refractivity contribution in [3.05, 3.63) is 71.3 Å². The van der Waals surface area contributed by atoms with Crippen LogP contribution in [-0.4, -0.2) is 19.9 Å². The van der Waals surface area contributed by atoms with E-state index in [9.17, 15) is 4.39 Å². The van der Waals surface area contributed by atoms with E-state index < -0.39 is 0 Å². The normalized spacial score (nSPS) is 10.4. The highest BCUT2D eigenvalue weighted by Crippen LogP contribution is 2.20. The van der Waals surface area contributed by atoms with E-state index in [-0.39, 0.29) is 5.82 Å². The lowest BCUT2D eigenvalue weighted by molar-refractivity contribution is 0.619. The van der Waals surface area contributed by atoms with E-state index in [1.165, 1.54) is 12.1 Å². The average Bonchev–Trinajstić information content (AvgIpc) is 2.96. The van der Waals surface area contributed by atoms with Crippen molar-refractivity contribution in [2.75, 3.05) is 10.6 Å². The van der Waals surface area contributed by atoms with Gasteiger partial charge in [-0.25, -0.2) is 14.1 Å². The first-order valence-corrected chi connectivity index (χ1v) is 7.85. The number of hydrogen-bond donors (Lipinski definition) is 2. The molecule has 0 bridgehead atoms. The van der Waals surface area contributed by atoms with Crippen molar-refractivity contribution >= 4 is 40.6 Å². The highest BCUT2D eigenvalue weighted by Gasteiger charge is 2.06. The summed E-state index contributed by atoms with van der Waals surface area (Å²) < 4.78 is 14.8. The quantitative estimate of drug-likeness (QED) is 0.690. The molecule has 0 aliphatic carbocycles. The van der Waals surface area contributed by atoms with Gasteiger partial charge in [-0.3, -0.25) is 5.32 Å². The summed E-state index contributed by atoms with van der Waals surface area (Å²) in [5.74, 6) is 0.0621. The maximum Gasteiger partial charge on any atom is 0.248 e. The first kappa shape index (κ1) is 16.4. The summed E-state index contributed by atoms with van der Waals surface area (Å²) in [6.07, 6.45) is 1.55. The Labute approximate surface area is 148 Å². The Hall–Kier alpha value is -2.51. The number of nitrogens with zero attached hydrogens (tertiary/aromatic N) is 3. The van der Waals surface area contributed by atoms with E-state index in [4.69, 9.17) is 23.8 Å². The minimum atomic E-state index is -0.281. The first-order valence-electron chi connectivity index (χ1n) is 7.06. The smallest absolute Gasteiger partial charge is 0.248 e. The number of halogens is 2. The Kier molecular flexibility index (Phi) is 5.02. The number of hydrogen-bond acceptors (Lipinski definition) is 3. The number of aromatic nitrogens is 3. The molecule has 2 N–H and O–H groups in total. The van der Waals surface area contributed by atoms with Crippen LogP contribution in [0, 0.1) is 5.82 Å². The van der Waals surface area contributed by atoms with E-state index >= 15 is 0 Å². The fraction of sp³-hybridized carbons (Fsp3) is 0.0625. The second-order valence-corrected chi connectivity index (χ2v) is 5.77. The minimum absolute atomic E-state index is 0.281. The van der Waals surface area contributed by atoms with E-state index in [0.29, 0.717) is 28.3 Å². The molecule has 1 aromatic heterocycles. The topological polar surface area (TPSA) is 54.8 Å². The lowest BCUT2D eigenvalue weighted by Crippen LogP contribution is -2.20. The lowest BCUT2D eigenvalue weighted by Gasteiger charge is -2.09. The monoisotopic (exact) mass is 361 g/mol. The third-order valence-electron chi connectivity index (χ3n) is 3.12. The molecule has 5 nitrogen and oxygen atoms in total. The molecule has 0 amide bonds. The number of anilines is 2. The van der Waals surface area contributed by atoms with Gasteiger partial charge in [0.1, 0.15) is 12.1 Å². The van der Waals surface area contributed by atoms with Gasteiger partial charge in [-0.15, -0.1) is 5.10 Å². The van der Waals surface area contributed by atoms with Gasteiger partial charge >= 0.3 is 0 Å². The van der Waals surface area contributed by atoms with Gasteiger partial charge in [-0.1, -0.05) is 35.9 Å². The molecule has 3 aromatic rings. The molecule has 0 saturated heterocycles. The van der Waals surface area contributed by atoms with Crippen LogP contribution in [-0.2, 0) is 6.54 Å². The summed E-state index contributed by atoms with van der Waals surface area (Å²) in [5.41, 5.74) is 1.49. The van der Waals surface area contributed by atoms with Crippen molar-refractivity contribution in [3.63, 3.8) is 0 Å². The SMILES string of the molecule is Fc1cccc(Cn2cnc(NC(=S)Nc3ccccc3Cl)n2)c1. The Morgan fingerprint density at radius 2 is 2.00 bits per heavy atom. The van der Waals surface area contributed by atoms with Crippen LogP contribution >= 0.6 is 23.8 Å². The molecule has 8 heteroatoms. The van der Waals surface area contributed by atoms with Crippen molar-refractivity contribution in [2.24, 2.45) is 0 Å². The highest BCUT2D eigenvalue weighted by atomic mass is 35.5. The van der Waals surface area contributed by atoms with Gasteiger partial charge in [0.15, 0.2) is 5.11 Å². The number of benzene rings is 2. The van der Waals surface area contributed by atoms with Crippen molar-refractivity contribution in [3.8, 4) is 0 Å². The third kappa shape index (κ3) is 4.27. The fourth-order valence-corrected chi connectivity index (χ4v) is 2.45. The van der Waals surface area contributed by atoms with Crippen molar-refractivity contribution < 1.29 is 4.39 Å². The molecule has 0 aliphatic heterocycles. The van der Waals surface area contributed by atoms with Gasteiger partial charge in [0.25, 0.3) is 0 Å². The zero-order valence-electron chi connectivity index (χ0n) is 12.4. The molecular weight excluding hydrogens is 349 g/mol. The van der Waals surface area contributed by atoms with E-state index in [2.05, 4.69) is 20.7 Å². The molecule has 0 saturated carbocycles. The summed E-state index contributed by atoms with van der Waals surface area (Å²) >= 11 is 11.3. The van der Waals surface area contributed by atoms with E-state index in [0.717, 1.165) is 5.56 Å². The van der Waals surface area contributed by atoms with E-state index in [1.807, 2.05) is 24.3 Å².